The molecule has 178 valence electrons. The Morgan fingerprint density at radius 2 is 1.70 bits per heavy atom. The number of unbranched alkanes of at least 4 members (excludes halogenated alkanes) is 2. The molecule has 3 heteroatoms. The van der Waals surface area contributed by atoms with E-state index < -0.39 is 5.97 Å². The van der Waals surface area contributed by atoms with Gasteiger partial charge in [-0.2, -0.15) is 0 Å². The highest BCUT2D eigenvalue weighted by molar-refractivity contribution is 5.91. The van der Waals surface area contributed by atoms with Crippen LogP contribution >= 0.6 is 0 Å². The lowest BCUT2D eigenvalue weighted by molar-refractivity contribution is 0.0734. The molecule has 2 nitrogen and oxygen atoms in total. The predicted molar refractivity (Wildman–Crippen MR) is 132 cm³/mol. The maximum atomic E-state index is 15.1. The standard InChI is InChI=1S/C30H39FO2/c1-3-5-6-7-22-8-11-24-19-25(13-12-23(24)18-22)28-17-14-26(20-29(28)31)30(32)33-27-15-9-21(4-2)10-16-27/h9-10,14-17,20,22-25H,3-8,11-13,18-19H2,1-2H3. The molecule has 2 aliphatic rings. The lowest BCUT2D eigenvalue weighted by Crippen LogP contribution is -2.30. The summed E-state index contributed by atoms with van der Waals surface area (Å²) in [5.74, 6) is 2.48. The molecule has 0 radical (unpaired) electrons. The zero-order valence-electron chi connectivity index (χ0n) is 20.3. The van der Waals surface area contributed by atoms with Crippen molar-refractivity contribution >= 4 is 5.97 Å². The van der Waals surface area contributed by atoms with E-state index in [4.69, 9.17) is 4.74 Å². The van der Waals surface area contributed by atoms with Crippen LogP contribution in [0, 0.1) is 23.6 Å². The van der Waals surface area contributed by atoms with Crippen molar-refractivity contribution in [2.75, 3.05) is 0 Å². The summed E-state index contributed by atoms with van der Waals surface area (Å²) >= 11 is 0. The summed E-state index contributed by atoms with van der Waals surface area (Å²) < 4.78 is 20.5. The molecule has 4 unspecified atom stereocenters. The molecule has 2 aromatic carbocycles. The van der Waals surface area contributed by atoms with Crippen molar-refractivity contribution in [1.29, 1.82) is 0 Å². The van der Waals surface area contributed by atoms with E-state index in [0.29, 0.717) is 5.75 Å². The van der Waals surface area contributed by atoms with Crippen LogP contribution in [0.3, 0.4) is 0 Å². The highest BCUT2D eigenvalue weighted by Gasteiger charge is 2.36. The Morgan fingerprint density at radius 1 is 0.939 bits per heavy atom. The lowest BCUT2D eigenvalue weighted by atomic mass is 9.63. The second-order valence-electron chi connectivity index (χ2n) is 10.3. The molecule has 0 aliphatic heterocycles. The Kier molecular flexibility index (Phi) is 8.22. The molecule has 2 aromatic rings. The van der Waals surface area contributed by atoms with E-state index in [-0.39, 0.29) is 17.3 Å². The topological polar surface area (TPSA) is 26.3 Å². The van der Waals surface area contributed by atoms with Gasteiger partial charge in [-0.25, -0.2) is 9.18 Å². The summed E-state index contributed by atoms with van der Waals surface area (Å²) in [6.45, 7) is 4.36. The molecule has 4 rings (SSSR count). The quantitative estimate of drug-likeness (QED) is 0.229. The van der Waals surface area contributed by atoms with Crippen LogP contribution in [0.15, 0.2) is 42.5 Å². The molecule has 0 saturated heterocycles. The molecule has 2 fully saturated rings. The van der Waals surface area contributed by atoms with E-state index in [2.05, 4.69) is 13.8 Å². The molecular formula is C30H39FO2. The molecule has 0 spiro atoms. The minimum atomic E-state index is -0.505. The van der Waals surface area contributed by atoms with Gasteiger partial charge < -0.3 is 4.74 Å². The van der Waals surface area contributed by atoms with Gasteiger partial charge in [0, 0.05) is 0 Å². The first-order valence-corrected chi connectivity index (χ1v) is 13.2. The molecular weight excluding hydrogens is 411 g/mol. The van der Waals surface area contributed by atoms with Gasteiger partial charge in [0.25, 0.3) is 0 Å². The lowest BCUT2D eigenvalue weighted by Gasteiger charge is -2.42. The Hall–Kier alpha value is -2.16. The number of rotatable bonds is 8. The monoisotopic (exact) mass is 450 g/mol. The van der Waals surface area contributed by atoms with Crippen LogP contribution in [0.25, 0.3) is 0 Å². The third-order valence-electron chi connectivity index (χ3n) is 8.16. The van der Waals surface area contributed by atoms with E-state index >= 15 is 4.39 Å². The minimum Gasteiger partial charge on any atom is -0.423 e. The fourth-order valence-corrected chi connectivity index (χ4v) is 6.16. The molecule has 4 atom stereocenters. The van der Waals surface area contributed by atoms with Gasteiger partial charge in [-0.15, -0.1) is 0 Å². The third kappa shape index (κ3) is 6.05. The molecule has 33 heavy (non-hydrogen) atoms. The second kappa shape index (κ2) is 11.3. The summed E-state index contributed by atoms with van der Waals surface area (Å²) in [5, 5.41) is 0. The Morgan fingerprint density at radius 3 is 2.42 bits per heavy atom. The fourth-order valence-electron chi connectivity index (χ4n) is 6.16. The maximum Gasteiger partial charge on any atom is 0.343 e. The number of carbonyl (C=O) groups excluding carboxylic acids is 1. The number of carbonyl (C=O) groups is 1. The highest BCUT2D eigenvalue weighted by Crippen LogP contribution is 2.48. The first kappa shape index (κ1) is 24.0. The van der Waals surface area contributed by atoms with Crippen LogP contribution in [0.5, 0.6) is 5.75 Å². The third-order valence-corrected chi connectivity index (χ3v) is 8.16. The van der Waals surface area contributed by atoms with Crippen LogP contribution in [0.1, 0.15) is 105 Å². The minimum absolute atomic E-state index is 0.262. The van der Waals surface area contributed by atoms with Gasteiger partial charge in [-0.3, -0.25) is 0 Å². The average Bonchev–Trinajstić information content (AvgIpc) is 2.84. The number of hydrogen-bond donors (Lipinski definition) is 0. The van der Waals surface area contributed by atoms with Crippen LogP contribution in [-0.2, 0) is 6.42 Å². The second-order valence-corrected chi connectivity index (χ2v) is 10.3. The van der Waals surface area contributed by atoms with Crippen molar-refractivity contribution in [2.45, 2.75) is 90.4 Å². The summed E-state index contributed by atoms with van der Waals surface area (Å²) in [6.07, 6.45) is 13.8. The van der Waals surface area contributed by atoms with Gasteiger partial charge in [-0.05, 0) is 97.6 Å². The van der Waals surface area contributed by atoms with E-state index in [1.54, 1.807) is 18.2 Å². The van der Waals surface area contributed by atoms with Crippen LogP contribution in [0.4, 0.5) is 4.39 Å². The number of ether oxygens (including phenoxy) is 1. The van der Waals surface area contributed by atoms with Crippen LogP contribution in [0.2, 0.25) is 0 Å². The van der Waals surface area contributed by atoms with E-state index in [0.717, 1.165) is 42.6 Å². The van der Waals surface area contributed by atoms with Gasteiger partial charge in [-0.1, -0.05) is 64.2 Å². The van der Waals surface area contributed by atoms with Crippen molar-refractivity contribution in [2.24, 2.45) is 17.8 Å². The summed E-state index contributed by atoms with van der Waals surface area (Å²) in [5.41, 5.74) is 2.24. The number of hydrogen-bond acceptors (Lipinski definition) is 2. The Labute approximate surface area is 198 Å². The van der Waals surface area contributed by atoms with Crippen molar-refractivity contribution in [1.82, 2.24) is 0 Å². The first-order chi connectivity index (χ1) is 16.1. The van der Waals surface area contributed by atoms with E-state index in [9.17, 15) is 4.79 Å². The molecule has 2 aliphatic carbocycles. The van der Waals surface area contributed by atoms with Gasteiger partial charge in [0.15, 0.2) is 0 Å². The molecule has 0 N–H and O–H groups in total. The fraction of sp³-hybridized carbons (Fsp3) is 0.567. The first-order valence-electron chi connectivity index (χ1n) is 13.2. The van der Waals surface area contributed by atoms with Crippen molar-refractivity contribution < 1.29 is 13.9 Å². The number of benzene rings is 2. The summed E-state index contributed by atoms with van der Waals surface area (Å²) in [7, 11) is 0. The number of esters is 1. The maximum absolute atomic E-state index is 15.1. The zero-order chi connectivity index (χ0) is 23.2. The van der Waals surface area contributed by atoms with Crippen molar-refractivity contribution in [3.05, 3.63) is 65.0 Å². The molecule has 2 saturated carbocycles. The van der Waals surface area contributed by atoms with Gasteiger partial charge >= 0.3 is 5.97 Å². The van der Waals surface area contributed by atoms with E-state index in [1.165, 1.54) is 63.0 Å². The van der Waals surface area contributed by atoms with Crippen LogP contribution in [-0.4, -0.2) is 5.97 Å². The molecule has 0 heterocycles. The largest absolute Gasteiger partial charge is 0.423 e. The molecule has 0 bridgehead atoms. The van der Waals surface area contributed by atoms with Gasteiger partial charge in [0.1, 0.15) is 11.6 Å². The number of halogens is 1. The normalized spacial score (nSPS) is 24.8. The molecule has 0 amide bonds. The van der Waals surface area contributed by atoms with Gasteiger partial charge in [0.2, 0.25) is 0 Å². The Bertz CT molecular complexity index is 919. The molecule has 0 aromatic heterocycles. The van der Waals surface area contributed by atoms with Gasteiger partial charge in [0.05, 0.1) is 5.56 Å². The van der Waals surface area contributed by atoms with E-state index in [1.807, 2.05) is 18.2 Å². The number of aryl methyl sites for hydroxylation is 1. The average molecular weight is 451 g/mol. The van der Waals surface area contributed by atoms with Crippen molar-refractivity contribution in [3.8, 4) is 5.75 Å². The highest BCUT2D eigenvalue weighted by atomic mass is 19.1. The zero-order valence-corrected chi connectivity index (χ0v) is 20.3. The Balaban J connectivity index is 1.34. The predicted octanol–water partition coefficient (Wildman–Crippen LogP) is 8.49. The van der Waals surface area contributed by atoms with Crippen molar-refractivity contribution in [3.63, 3.8) is 0 Å². The summed E-state index contributed by atoms with van der Waals surface area (Å²) in [4.78, 5) is 12.5. The summed E-state index contributed by atoms with van der Waals surface area (Å²) in [6, 6.07) is 12.4. The SMILES string of the molecule is CCCCCC1CCC2CC(c3ccc(C(=O)Oc4ccc(CC)cc4)cc3F)CCC2C1. The number of fused-ring (bicyclic) bond motifs is 1. The van der Waals surface area contributed by atoms with Crippen LogP contribution < -0.4 is 4.74 Å². The smallest absolute Gasteiger partial charge is 0.343 e.